The van der Waals surface area contributed by atoms with Gasteiger partial charge >= 0.3 is 5.97 Å². The van der Waals surface area contributed by atoms with Gasteiger partial charge in [-0.3, -0.25) is 14.9 Å². The number of carbonyl (C=O) groups excluding carboxylic acids is 1. The molecule has 0 aromatic heterocycles. The summed E-state index contributed by atoms with van der Waals surface area (Å²) in [5, 5.41) is 20.4. The van der Waals surface area contributed by atoms with Crippen molar-refractivity contribution in [3.05, 3.63) is 63.7 Å². The largest absolute Gasteiger partial charge is 0.465 e. The maximum absolute atomic E-state index is 12.0. The Morgan fingerprint density at radius 2 is 1.96 bits per heavy atom. The van der Waals surface area contributed by atoms with Crippen molar-refractivity contribution < 1.29 is 14.5 Å². The highest BCUT2D eigenvalue weighted by molar-refractivity contribution is 5.81. The molecule has 0 aliphatic rings. The van der Waals surface area contributed by atoms with Crippen LogP contribution >= 0.6 is 0 Å². The van der Waals surface area contributed by atoms with E-state index in [1.165, 1.54) is 12.1 Å². The van der Waals surface area contributed by atoms with Crippen LogP contribution in [0.5, 0.6) is 0 Å². The monoisotopic (exact) mass is 353 g/mol. The molecule has 0 fully saturated rings. The molecule has 0 aliphatic carbocycles. The minimum atomic E-state index is -0.493. The topological polar surface area (TPSA) is 96.5 Å². The fourth-order valence-corrected chi connectivity index (χ4v) is 2.59. The third-order valence-corrected chi connectivity index (χ3v) is 3.85. The molecule has 0 bridgehead atoms. The van der Waals surface area contributed by atoms with E-state index in [1.54, 1.807) is 36.1 Å². The quantitative estimate of drug-likeness (QED) is 0.427. The number of nitro groups is 1. The lowest BCUT2D eigenvalue weighted by Crippen LogP contribution is -2.27. The van der Waals surface area contributed by atoms with Gasteiger partial charge in [0.2, 0.25) is 0 Å². The van der Waals surface area contributed by atoms with Crippen LogP contribution in [-0.2, 0) is 16.0 Å². The van der Waals surface area contributed by atoms with Gasteiger partial charge in [-0.25, -0.2) is 0 Å². The molecule has 0 N–H and O–H groups in total. The average Bonchev–Trinajstić information content (AvgIpc) is 2.65. The number of non-ortho nitro benzene ring substituents is 1. The van der Waals surface area contributed by atoms with Gasteiger partial charge in [0.15, 0.2) is 0 Å². The molecule has 134 valence electrons. The predicted octanol–water partition coefficient (Wildman–Crippen LogP) is 3.73. The lowest BCUT2D eigenvalue weighted by molar-refractivity contribution is -0.384. The fourth-order valence-electron chi connectivity index (χ4n) is 2.59. The molecular weight excluding hydrogens is 334 g/mol. The minimum absolute atomic E-state index is 0.0814. The summed E-state index contributed by atoms with van der Waals surface area (Å²) in [5.41, 5.74) is 2.38. The Balaban J connectivity index is 2.51. The maximum atomic E-state index is 12.0. The Morgan fingerprint density at radius 3 is 2.58 bits per heavy atom. The zero-order valence-electron chi connectivity index (χ0n) is 14.6. The van der Waals surface area contributed by atoms with Crippen LogP contribution in [0, 0.1) is 21.4 Å². The maximum Gasteiger partial charge on any atom is 0.325 e. The van der Waals surface area contributed by atoms with Gasteiger partial charge in [0.25, 0.3) is 5.69 Å². The third kappa shape index (κ3) is 4.36. The van der Waals surface area contributed by atoms with Gasteiger partial charge in [-0.05, 0) is 37.1 Å². The molecule has 0 saturated heterocycles. The van der Waals surface area contributed by atoms with Crippen LogP contribution in [0.2, 0.25) is 0 Å². The lowest BCUT2D eigenvalue weighted by Gasteiger charge is -2.24. The van der Waals surface area contributed by atoms with E-state index in [0.29, 0.717) is 23.4 Å². The van der Waals surface area contributed by atoms with Gasteiger partial charge in [0.1, 0.15) is 6.54 Å². The molecule has 0 amide bonds. The zero-order valence-corrected chi connectivity index (χ0v) is 14.6. The zero-order chi connectivity index (χ0) is 19.1. The van der Waals surface area contributed by atoms with Crippen molar-refractivity contribution in [2.45, 2.75) is 20.3 Å². The van der Waals surface area contributed by atoms with E-state index >= 15 is 0 Å². The van der Waals surface area contributed by atoms with Crippen LogP contribution in [0.1, 0.15) is 25.0 Å². The third-order valence-electron chi connectivity index (χ3n) is 3.85. The number of ether oxygens (including phenoxy) is 1. The van der Waals surface area contributed by atoms with Crippen molar-refractivity contribution in [2.75, 3.05) is 18.1 Å². The first-order valence-electron chi connectivity index (χ1n) is 8.20. The molecule has 26 heavy (non-hydrogen) atoms. The van der Waals surface area contributed by atoms with Gasteiger partial charge in [0.05, 0.1) is 23.2 Å². The Hall–Kier alpha value is -3.40. The standard InChI is InChI=1S/C19H19N3O4/c1-3-14-8-9-17(10-15(14)12-20)21(13-19(23)26-4-2)16-6-5-7-18(11-16)22(24)25/h5-11H,3-4,13H2,1-2H3. The molecule has 0 unspecified atom stereocenters. The van der Waals surface area contributed by atoms with E-state index < -0.39 is 10.9 Å². The molecule has 0 atom stereocenters. The predicted molar refractivity (Wildman–Crippen MR) is 97.3 cm³/mol. The van der Waals surface area contributed by atoms with Crippen molar-refractivity contribution in [1.29, 1.82) is 5.26 Å². The second-order valence-corrected chi connectivity index (χ2v) is 5.47. The van der Waals surface area contributed by atoms with Gasteiger partial charge in [0, 0.05) is 23.5 Å². The summed E-state index contributed by atoms with van der Waals surface area (Å²) in [5.74, 6) is -0.461. The van der Waals surface area contributed by atoms with E-state index in [2.05, 4.69) is 6.07 Å². The van der Waals surface area contributed by atoms with Crippen LogP contribution in [0.15, 0.2) is 42.5 Å². The first kappa shape index (κ1) is 18.9. The van der Waals surface area contributed by atoms with Crippen LogP contribution in [-0.4, -0.2) is 24.0 Å². The highest BCUT2D eigenvalue weighted by Crippen LogP contribution is 2.30. The van der Waals surface area contributed by atoms with Crippen LogP contribution in [0.3, 0.4) is 0 Å². The highest BCUT2D eigenvalue weighted by atomic mass is 16.6. The summed E-state index contributed by atoms with van der Waals surface area (Å²) in [6, 6.07) is 13.4. The van der Waals surface area contributed by atoms with E-state index in [0.717, 1.165) is 5.56 Å². The van der Waals surface area contributed by atoms with E-state index in [1.807, 2.05) is 13.0 Å². The Morgan fingerprint density at radius 1 is 1.23 bits per heavy atom. The molecule has 0 aliphatic heterocycles. The van der Waals surface area contributed by atoms with Crippen molar-refractivity contribution in [3.63, 3.8) is 0 Å². The molecule has 2 rings (SSSR count). The number of benzene rings is 2. The minimum Gasteiger partial charge on any atom is -0.465 e. The number of hydrogen-bond acceptors (Lipinski definition) is 6. The molecule has 2 aromatic carbocycles. The summed E-state index contributed by atoms with van der Waals surface area (Å²) < 4.78 is 5.02. The van der Waals surface area contributed by atoms with Crippen molar-refractivity contribution >= 4 is 23.0 Å². The number of rotatable bonds is 7. The van der Waals surface area contributed by atoms with Gasteiger partial charge in [-0.1, -0.05) is 19.1 Å². The van der Waals surface area contributed by atoms with Gasteiger partial charge < -0.3 is 9.64 Å². The molecule has 2 aromatic rings. The second-order valence-electron chi connectivity index (χ2n) is 5.47. The summed E-state index contributed by atoms with van der Waals surface area (Å²) in [4.78, 5) is 24.2. The number of nitriles is 1. The number of esters is 1. The summed E-state index contributed by atoms with van der Waals surface area (Å²) in [6.45, 7) is 3.78. The van der Waals surface area contributed by atoms with Gasteiger partial charge in [-0.2, -0.15) is 5.26 Å². The van der Waals surface area contributed by atoms with Crippen LogP contribution in [0.25, 0.3) is 0 Å². The van der Waals surface area contributed by atoms with E-state index in [-0.39, 0.29) is 18.8 Å². The summed E-state index contributed by atoms with van der Waals surface area (Å²) in [6.07, 6.45) is 0.706. The fraction of sp³-hybridized carbons (Fsp3) is 0.263. The van der Waals surface area contributed by atoms with Crippen molar-refractivity contribution in [3.8, 4) is 6.07 Å². The van der Waals surface area contributed by atoms with Crippen molar-refractivity contribution in [1.82, 2.24) is 0 Å². The molecule has 7 nitrogen and oxygen atoms in total. The lowest BCUT2D eigenvalue weighted by atomic mass is 10.0. The van der Waals surface area contributed by atoms with Gasteiger partial charge in [-0.15, -0.1) is 0 Å². The van der Waals surface area contributed by atoms with E-state index in [4.69, 9.17) is 4.74 Å². The first-order chi connectivity index (χ1) is 12.5. The summed E-state index contributed by atoms with van der Waals surface area (Å²) >= 11 is 0. The van der Waals surface area contributed by atoms with Crippen molar-refractivity contribution in [2.24, 2.45) is 0 Å². The number of nitro benzene ring substituents is 1. The highest BCUT2D eigenvalue weighted by Gasteiger charge is 2.18. The molecule has 0 radical (unpaired) electrons. The first-order valence-corrected chi connectivity index (χ1v) is 8.20. The smallest absolute Gasteiger partial charge is 0.325 e. The number of carbonyl (C=O) groups is 1. The Bertz CT molecular complexity index is 858. The SMILES string of the molecule is CCOC(=O)CN(c1cccc([N+](=O)[O-])c1)c1ccc(CC)c(C#N)c1. The molecular formula is C19H19N3O4. The number of aryl methyl sites for hydroxylation is 1. The van der Waals surface area contributed by atoms with E-state index in [9.17, 15) is 20.2 Å². The van der Waals surface area contributed by atoms with Crippen LogP contribution in [0.4, 0.5) is 17.1 Å². The number of nitrogens with zero attached hydrogens (tertiary/aromatic N) is 3. The van der Waals surface area contributed by atoms with Crippen LogP contribution < -0.4 is 4.90 Å². The molecule has 0 heterocycles. The molecule has 7 heteroatoms. The number of hydrogen-bond donors (Lipinski definition) is 0. The second kappa shape index (κ2) is 8.62. The Labute approximate surface area is 151 Å². The molecule has 0 saturated carbocycles. The molecule has 0 spiro atoms. The number of anilines is 2. The summed E-state index contributed by atoms with van der Waals surface area (Å²) in [7, 11) is 0. The normalized spacial score (nSPS) is 10.0. The Kier molecular flexibility index (Phi) is 6.28. The average molecular weight is 353 g/mol.